The van der Waals surface area contributed by atoms with Gasteiger partial charge in [-0.25, -0.2) is 0 Å². The summed E-state index contributed by atoms with van der Waals surface area (Å²) in [6, 6.07) is 44.9. The minimum atomic E-state index is -0.220. The summed E-state index contributed by atoms with van der Waals surface area (Å²) in [5, 5.41) is 0. The molecule has 0 N–H and O–H groups in total. The third kappa shape index (κ3) is 4.61. The van der Waals surface area contributed by atoms with Crippen molar-refractivity contribution in [1.29, 1.82) is 0 Å². The minimum Gasteiger partial charge on any atom is -0.0625 e. The van der Waals surface area contributed by atoms with Crippen molar-refractivity contribution in [1.82, 2.24) is 0 Å². The van der Waals surface area contributed by atoms with Gasteiger partial charge in [-0.2, -0.15) is 0 Å². The maximum Gasteiger partial charge on any atom is 0.0434 e. The van der Waals surface area contributed by atoms with E-state index in [4.69, 9.17) is 0 Å². The van der Waals surface area contributed by atoms with Crippen LogP contribution in [-0.2, 0) is 5.41 Å². The molecule has 6 rings (SSSR count). The molecule has 1 fully saturated rings. The van der Waals surface area contributed by atoms with Crippen molar-refractivity contribution < 1.29 is 0 Å². The van der Waals surface area contributed by atoms with E-state index in [1.165, 1.54) is 58.2 Å². The van der Waals surface area contributed by atoms with Crippen molar-refractivity contribution in [2.24, 2.45) is 23.7 Å². The first kappa shape index (κ1) is 25.6. The fourth-order valence-electron chi connectivity index (χ4n) is 7.63. The Balaban J connectivity index is 1.76. The van der Waals surface area contributed by atoms with Crippen molar-refractivity contribution in [3.05, 3.63) is 150 Å². The topological polar surface area (TPSA) is 0 Å². The number of allylic oxidation sites excluding steroid dienone is 4. The molecule has 0 saturated heterocycles. The predicted octanol–water partition coefficient (Wildman–Crippen LogP) is 10.3. The molecule has 0 nitrogen and oxygen atoms in total. The van der Waals surface area contributed by atoms with E-state index in [2.05, 4.69) is 148 Å². The Morgan fingerprint density at radius 2 is 1.13 bits per heavy atom. The van der Waals surface area contributed by atoms with E-state index in [1.54, 1.807) is 0 Å². The van der Waals surface area contributed by atoms with E-state index in [0.29, 0.717) is 17.8 Å². The lowest BCUT2D eigenvalue weighted by atomic mass is 9.54. The third-order valence-electron chi connectivity index (χ3n) is 9.37. The van der Waals surface area contributed by atoms with Crippen LogP contribution in [0.4, 0.5) is 0 Å². The molecule has 4 aromatic rings. The largest absolute Gasteiger partial charge is 0.0625 e. The Morgan fingerprint density at radius 3 is 1.69 bits per heavy atom. The molecule has 0 heterocycles. The summed E-state index contributed by atoms with van der Waals surface area (Å²) in [5.74, 6) is 2.52. The molecule has 4 atom stereocenters. The standard InChI is InChI=1S/C39H40/c1-28(2)34-25-24-29(3)26-36(34)39(33-22-14-7-15-23-33)27-35(30-16-8-4-9-17-30)37(31-18-10-5-11-19-31)38(39)32-20-12-6-13-21-32/h4-23,27-29,34,36H,24-26H2,1-3H3. The van der Waals surface area contributed by atoms with Gasteiger partial charge in [0.15, 0.2) is 0 Å². The molecule has 196 valence electrons. The second kappa shape index (κ2) is 10.9. The highest BCUT2D eigenvalue weighted by Gasteiger charge is 2.52. The maximum absolute atomic E-state index is 2.69. The lowest BCUT2D eigenvalue weighted by Crippen LogP contribution is -2.43. The van der Waals surface area contributed by atoms with Crippen LogP contribution in [0.1, 0.15) is 62.3 Å². The van der Waals surface area contributed by atoms with Crippen LogP contribution in [0.25, 0.3) is 16.7 Å². The second-order valence-corrected chi connectivity index (χ2v) is 12.1. The molecule has 0 aromatic heterocycles. The fourth-order valence-corrected chi connectivity index (χ4v) is 7.63. The molecular weight excluding hydrogens is 468 g/mol. The zero-order valence-electron chi connectivity index (χ0n) is 23.6. The first-order valence-electron chi connectivity index (χ1n) is 14.8. The Morgan fingerprint density at radius 1 is 0.615 bits per heavy atom. The lowest BCUT2D eigenvalue weighted by molar-refractivity contribution is 0.112. The number of benzene rings is 4. The van der Waals surface area contributed by atoms with Gasteiger partial charge in [-0.05, 0) is 75.5 Å². The van der Waals surface area contributed by atoms with E-state index >= 15 is 0 Å². The molecular formula is C39H40. The predicted molar refractivity (Wildman–Crippen MR) is 167 cm³/mol. The van der Waals surface area contributed by atoms with E-state index in [0.717, 1.165) is 5.92 Å². The van der Waals surface area contributed by atoms with Gasteiger partial charge in [-0.1, -0.05) is 155 Å². The first-order valence-corrected chi connectivity index (χ1v) is 14.8. The number of hydrogen-bond acceptors (Lipinski definition) is 0. The quantitative estimate of drug-likeness (QED) is 0.243. The molecule has 4 unspecified atom stereocenters. The molecule has 2 aliphatic carbocycles. The van der Waals surface area contributed by atoms with E-state index in [9.17, 15) is 0 Å². The van der Waals surface area contributed by atoms with Crippen LogP contribution < -0.4 is 0 Å². The van der Waals surface area contributed by atoms with Crippen molar-refractivity contribution >= 4 is 16.7 Å². The summed E-state index contributed by atoms with van der Waals surface area (Å²) in [6.07, 6.45) is 6.57. The number of hydrogen-bond donors (Lipinski definition) is 0. The van der Waals surface area contributed by atoms with Crippen molar-refractivity contribution in [3.63, 3.8) is 0 Å². The SMILES string of the molecule is CC1CCC(C(C)C)C(C2(c3ccccc3)C=C(c3ccccc3)C(c3ccccc3)=C2c2ccccc2)C1. The Hall–Kier alpha value is -3.64. The summed E-state index contributed by atoms with van der Waals surface area (Å²) in [5.41, 5.74) is 9.37. The van der Waals surface area contributed by atoms with Gasteiger partial charge in [0.25, 0.3) is 0 Å². The number of rotatable bonds is 6. The molecule has 4 aromatic carbocycles. The van der Waals surface area contributed by atoms with Crippen LogP contribution in [0.5, 0.6) is 0 Å². The van der Waals surface area contributed by atoms with Crippen LogP contribution in [-0.4, -0.2) is 0 Å². The molecule has 0 bridgehead atoms. The van der Waals surface area contributed by atoms with Gasteiger partial charge in [0.1, 0.15) is 0 Å². The minimum absolute atomic E-state index is 0.220. The third-order valence-corrected chi connectivity index (χ3v) is 9.37. The molecule has 0 spiro atoms. The second-order valence-electron chi connectivity index (χ2n) is 12.1. The van der Waals surface area contributed by atoms with Crippen LogP contribution in [0, 0.1) is 23.7 Å². The molecule has 39 heavy (non-hydrogen) atoms. The smallest absolute Gasteiger partial charge is 0.0434 e. The summed E-state index contributed by atoms with van der Waals surface area (Å²) in [6.45, 7) is 7.38. The van der Waals surface area contributed by atoms with Crippen molar-refractivity contribution in [3.8, 4) is 0 Å². The van der Waals surface area contributed by atoms with Crippen LogP contribution in [0.3, 0.4) is 0 Å². The average molecular weight is 509 g/mol. The molecule has 1 saturated carbocycles. The Bertz CT molecular complexity index is 1440. The van der Waals surface area contributed by atoms with Crippen molar-refractivity contribution in [2.45, 2.75) is 45.4 Å². The van der Waals surface area contributed by atoms with Gasteiger partial charge in [0.05, 0.1) is 0 Å². The molecule has 0 amide bonds. The summed E-state index contributed by atoms with van der Waals surface area (Å²) >= 11 is 0. The van der Waals surface area contributed by atoms with Gasteiger partial charge in [-0.3, -0.25) is 0 Å². The Kier molecular flexibility index (Phi) is 7.13. The molecule has 0 heteroatoms. The first-order chi connectivity index (χ1) is 19.1. The van der Waals surface area contributed by atoms with E-state index < -0.39 is 0 Å². The molecule has 2 aliphatic rings. The van der Waals surface area contributed by atoms with Crippen molar-refractivity contribution in [2.75, 3.05) is 0 Å². The highest BCUT2D eigenvalue weighted by molar-refractivity contribution is 6.21. The van der Waals surface area contributed by atoms with Gasteiger partial charge < -0.3 is 0 Å². The highest BCUT2D eigenvalue weighted by Crippen LogP contribution is 2.62. The van der Waals surface area contributed by atoms with Gasteiger partial charge in [0, 0.05) is 5.41 Å². The van der Waals surface area contributed by atoms with Crippen LogP contribution in [0.2, 0.25) is 0 Å². The molecule has 0 radical (unpaired) electrons. The zero-order valence-corrected chi connectivity index (χ0v) is 23.6. The summed E-state index contributed by atoms with van der Waals surface area (Å²) in [7, 11) is 0. The lowest BCUT2D eigenvalue weighted by Gasteiger charge is -2.49. The van der Waals surface area contributed by atoms with Gasteiger partial charge in [-0.15, -0.1) is 0 Å². The zero-order chi connectivity index (χ0) is 26.8. The normalized spacial score (nSPS) is 25.1. The van der Waals surface area contributed by atoms with Gasteiger partial charge in [0.2, 0.25) is 0 Å². The van der Waals surface area contributed by atoms with Crippen LogP contribution >= 0.6 is 0 Å². The van der Waals surface area contributed by atoms with E-state index in [-0.39, 0.29) is 5.41 Å². The summed E-state index contributed by atoms with van der Waals surface area (Å²) in [4.78, 5) is 0. The summed E-state index contributed by atoms with van der Waals surface area (Å²) < 4.78 is 0. The average Bonchev–Trinajstić information content (AvgIpc) is 3.36. The van der Waals surface area contributed by atoms with Gasteiger partial charge >= 0.3 is 0 Å². The Labute approximate surface area is 235 Å². The van der Waals surface area contributed by atoms with E-state index in [1.807, 2.05) is 0 Å². The van der Waals surface area contributed by atoms with Crippen LogP contribution in [0.15, 0.2) is 127 Å². The molecule has 0 aliphatic heterocycles. The highest BCUT2D eigenvalue weighted by atomic mass is 14.5. The fraction of sp³-hybridized carbons (Fsp3) is 0.282. The maximum atomic E-state index is 2.69. The monoisotopic (exact) mass is 508 g/mol.